The summed E-state index contributed by atoms with van der Waals surface area (Å²) in [4.78, 5) is 14.0. The van der Waals surface area contributed by atoms with E-state index in [9.17, 15) is 4.79 Å². The Labute approximate surface area is 122 Å². The van der Waals surface area contributed by atoms with Crippen LogP contribution < -0.4 is 5.32 Å². The molecule has 7 heteroatoms. The molecule has 0 saturated carbocycles. The van der Waals surface area contributed by atoms with Crippen molar-refractivity contribution in [3.8, 4) is 11.5 Å². The highest BCUT2D eigenvalue weighted by molar-refractivity contribution is 5.93. The third kappa shape index (κ3) is 2.71. The van der Waals surface area contributed by atoms with Gasteiger partial charge in [-0.25, -0.2) is 0 Å². The van der Waals surface area contributed by atoms with E-state index in [1.54, 1.807) is 36.4 Å². The van der Waals surface area contributed by atoms with Gasteiger partial charge in [-0.2, -0.15) is 0 Å². The first-order valence-corrected chi connectivity index (χ1v) is 6.24. The normalized spacial score (nSPS) is 17.8. The van der Waals surface area contributed by atoms with Gasteiger partial charge in [-0.3, -0.25) is 4.79 Å². The summed E-state index contributed by atoms with van der Waals surface area (Å²) in [6.07, 6.45) is 2.51. The molecule has 2 aromatic rings. The topological polar surface area (TPSA) is 71.5 Å². The van der Waals surface area contributed by atoms with Crippen molar-refractivity contribution in [2.24, 2.45) is 0 Å². The number of furan rings is 1. The van der Waals surface area contributed by atoms with E-state index in [4.69, 9.17) is 8.94 Å². The number of nitrogens with zero attached hydrogens (tertiary/aromatic N) is 2. The lowest BCUT2D eigenvalue weighted by Gasteiger charge is -2.22. The van der Waals surface area contributed by atoms with Gasteiger partial charge < -0.3 is 19.2 Å². The van der Waals surface area contributed by atoms with Gasteiger partial charge >= 0.3 is 0 Å². The Morgan fingerprint density at radius 1 is 1.50 bits per heavy atom. The molecule has 108 valence electrons. The second kappa shape index (κ2) is 6.11. The maximum atomic E-state index is 12.3. The smallest absolute Gasteiger partial charge is 0.276 e. The SMILES string of the molecule is CN(C(=O)c1cc(-c2ccco2)on1)C1CCNC1.Cl. The third-order valence-corrected chi connectivity index (χ3v) is 3.40. The first-order valence-electron chi connectivity index (χ1n) is 6.24. The summed E-state index contributed by atoms with van der Waals surface area (Å²) in [5.41, 5.74) is 0.306. The standard InChI is InChI=1S/C13H15N3O3.ClH/c1-16(9-4-5-14-8-9)13(17)10-7-12(19-15-10)11-3-2-6-18-11;/h2-3,6-7,9,14H,4-5,8H2,1H3;1H. The molecule has 6 nitrogen and oxygen atoms in total. The number of nitrogens with one attached hydrogen (secondary N) is 1. The van der Waals surface area contributed by atoms with E-state index in [0.29, 0.717) is 17.2 Å². The van der Waals surface area contributed by atoms with Crippen LogP contribution in [0.25, 0.3) is 11.5 Å². The monoisotopic (exact) mass is 297 g/mol. The second-order valence-corrected chi connectivity index (χ2v) is 4.62. The van der Waals surface area contributed by atoms with Gasteiger partial charge in [0.1, 0.15) is 0 Å². The van der Waals surface area contributed by atoms with Crippen LogP contribution in [-0.4, -0.2) is 42.1 Å². The number of hydrogen-bond acceptors (Lipinski definition) is 5. The molecule has 1 atom stereocenters. The molecule has 1 saturated heterocycles. The summed E-state index contributed by atoms with van der Waals surface area (Å²) in [7, 11) is 1.79. The molecule has 1 aliphatic rings. The van der Waals surface area contributed by atoms with Gasteiger partial charge in [0, 0.05) is 25.7 Å². The zero-order valence-electron chi connectivity index (χ0n) is 11.0. The van der Waals surface area contributed by atoms with Gasteiger partial charge in [-0.05, 0) is 25.1 Å². The predicted molar refractivity (Wildman–Crippen MR) is 74.8 cm³/mol. The molecule has 1 fully saturated rings. The molecule has 1 aliphatic heterocycles. The number of carbonyl (C=O) groups excluding carboxylic acids is 1. The summed E-state index contributed by atoms with van der Waals surface area (Å²) in [5, 5.41) is 7.05. The second-order valence-electron chi connectivity index (χ2n) is 4.62. The van der Waals surface area contributed by atoms with E-state index < -0.39 is 0 Å². The van der Waals surface area contributed by atoms with E-state index in [0.717, 1.165) is 19.5 Å². The minimum Gasteiger partial charge on any atom is -0.461 e. The molecule has 0 aliphatic carbocycles. The molecular weight excluding hydrogens is 282 g/mol. The van der Waals surface area contributed by atoms with Crippen molar-refractivity contribution >= 4 is 18.3 Å². The zero-order chi connectivity index (χ0) is 13.2. The number of hydrogen-bond donors (Lipinski definition) is 1. The molecule has 1 N–H and O–H groups in total. The Morgan fingerprint density at radius 2 is 2.35 bits per heavy atom. The van der Waals surface area contributed by atoms with Crippen LogP contribution in [0.2, 0.25) is 0 Å². The first kappa shape index (κ1) is 14.6. The van der Waals surface area contributed by atoms with Crippen LogP contribution in [0.4, 0.5) is 0 Å². The summed E-state index contributed by atoms with van der Waals surface area (Å²) in [5.74, 6) is 0.901. The van der Waals surface area contributed by atoms with Gasteiger partial charge in [0.2, 0.25) is 5.76 Å². The minimum atomic E-state index is -0.129. The lowest BCUT2D eigenvalue weighted by molar-refractivity contribution is 0.0733. The highest BCUT2D eigenvalue weighted by Crippen LogP contribution is 2.21. The van der Waals surface area contributed by atoms with Crippen molar-refractivity contribution in [2.45, 2.75) is 12.5 Å². The summed E-state index contributed by atoms with van der Waals surface area (Å²) < 4.78 is 10.3. The van der Waals surface area contributed by atoms with E-state index in [-0.39, 0.29) is 24.4 Å². The lowest BCUT2D eigenvalue weighted by atomic mass is 10.2. The van der Waals surface area contributed by atoms with E-state index >= 15 is 0 Å². The minimum absolute atomic E-state index is 0. The zero-order valence-corrected chi connectivity index (χ0v) is 11.9. The van der Waals surface area contributed by atoms with Crippen molar-refractivity contribution in [3.63, 3.8) is 0 Å². The Morgan fingerprint density at radius 3 is 3.00 bits per heavy atom. The Balaban J connectivity index is 0.00000147. The van der Waals surface area contributed by atoms with Gasteiger partial charge in [-0.1, -0.05) is 5.16 Å². The van der Waals surface area contributed by atoms with E-state index in [1.807, 2.05) is 0 Å². The van der Waals surface area contributed by atoms with Gasteiger partial charge in [0.15, 0.2) is 11.5 Å². The summed E-state index contributed by atoms with van der Waals surface area (Å²) >= 11 is 0. The fourth-order valence-electron chi connectivity index (χ4n) is 2.23. The molecule has 1 unspecified atom stereocenters. The Hall–Kier alpha value is -1.79. The van der Waals surface area contributed by atoms with Crippen molar-refractivity contribution in [3.05, 3.63) is 30.2 Å². The number of carbonyl (C=O) groups is 1. The fourth-order valence-corrected chi connectivity index (χ4v) is 2.23. The predicted octanol–water partition coefficient (Wildman–Crippen LogP) is 1.79. The molecule has 0 aromatic carbocycles. The Bertz CT molecular complexity index is 561. The van der Waals surface area contributed by atoms with E-state index in [2.05, 4.69) is 10.5 Å². The van der Waals surface area contributed by atoms with Crippen molar-refractivity contribution in [1.82, 2.24) is 15.4 Å². The molecule has 0 radical (unpaired) electrons. The van der Waals surface area contributed by atoms with E-state index in [1.165, 1.54) is 0 Å². The third-order valence-electron chi connectivity index (χ3n) is 3.40. The number of halogens is 1. The molecule has 0 spiro atoms. The largest absolute Gasteiger partial charge is 0.461 e. The quantitative estimate of drug-likeness (QED) is 0.935. The van der Waals surface area contributed by atoms with Crippen LogP contribution in [0.5, 0.6) is 0 Å². The molecule has 3 heterocycles. The lowest BCUT2D eigenvalue weighted by Crippen LogP contribution is -2.38. The van der Waals surface area contributed by atoms with Crippen LogP contribution in [0.3, 0.4) is 0 Å². The highest BCUT2D eigenvalue weighted by atomic mass is 35.5. The maximum Gasteiger partial charge on any atom is 0.276 e. The highest BCUT2D eigenvalue weighted by Gasteiger charge is 2.26. The number of likely N-dealkylation sites (N-methyl/N-ethyl adjacent to an activating group) is 1. The van der Waals surface area contributed by atoms with Crippen LogP contribution >= 0.6 is 12.4 Å². The average molecular weight is 298 g/mol. The molecule has 20 heavy (non-hydrogen) atoms. The van der Waals surface area contributed by atoms with Gasteiger partial charge in [0.25, 0.3) is 5.91 Å². The van der Waals surface area contributed by atoms with Crippen molar-refractivity contribution in [2.75, 3.05) is 20.1 Å². The van der Waals surface area contributed by atoms with Crippen LogP contribution in [0, 0.1) is 0 Å². The van der Waals surface area contributed by atoms with Crippen LogP contribution in [0.1, 0.15) is 16.9 Å². The molecule has 2 aromatic heterocycles. The first-order chi connectivity index (χ1) is 9.25. The molecule has 1 amide bonds. The number of aromatic nitrogens is 1. The van der Waals surface area contributed by atoms with Crippen LogP contribution in [0.15, 0.2) is 33.4 Å². The maximum absolute atomic E-state index is 12.3. The van der Waals surface area contributed by atoms with Crippen molar-refractivity contribution in [1.29, 1.82) is 0 Å². The molecule has 0 bridgehead atoms. The van der Waals surface area contributed by atoms with Gasteiger partial charge in [0.05, 0.1) is 6.26 Å². The van der Waals surface area contributed by atoms with Crippen molar-refractivity contribution < 1.29 is 13.7 Å². The molecular formula is C13H16ClN3O3. The van der Waals surface area contributed by atoms with Gasteiger partial charge in [-0.15, -0.1) is 12.4 Å². The number of rotatable bonds is 3. The summed E-state index contributed by atoms with van der Waals surface area (Å²) in [6, 6.07) is 5.35. The Kier molecular flexibility index (Phi) is 4.46. The average Bonchev–Trinajstić information content (AvgIpc) is 3.16. The fraction of sp³-hybridized carbons (Fsp3) is 0.385. The number of amides is 1. The summed E-state index contributed by atoms with van der Waals surface area (Å²) in [6.45, 7) is 1.77. The van der Waals surface area contributed by atoms with Crippen LogP contribution in [-0.2, 0) is 0 Å². The molecule has 3 rings (SSSR count).